The Morgan fingerprint density at radius 1 is 1.78 bits per heavy atom. The quantitative estimate of drug-likeness (QED) is 0.503. The normalized spacial score (nSPS) is 43.7. The predicted molar refractivity (Wildman–Crippen MR) is 34.0 cm³/mol. The van der Waals surface area contributed by atoms with Gasteiger partial charge < -0.3 is 15.6 Å². The van der Waals surface area contributed by atoms with E-state index >= 15 is 0 Å². The summed E-state index contributed by atoms with van der Waals surface area (Å²) in [5.41, 5.74) is 5.59. The Hall–Kier alpha value is -0.120. The highest BCUT2D eigenvalue weighted by Gasteiger charge is 2.28. The van der Waals surface area contributed by atoms with Crippen molar-refractivity contribution in [3.8, 4) is 0 Å². The summed E-state index contributed by atoms with van der Waals surface area (Å²) >= 11 is 0. The fourth-order valence-electron chi connectivity index (χ4n) is 1.17. The highest BCUT2D eigenvalue weighted by Crippen LogP contribution is 2.17. The molecule has 0 unspecified atom stereocenters. The van der Waals surface area contributed by atoms with E-state index in [0.29, 0.717) is 0 Å². The van der Waals surface area contributed by atoms with Crippen molar-refractivity contribution in [2.45, 2.75) is 31.6 Å². The minimum atomic E-state index is -0.125. The van der Waals surface area contributed by atoms with E-state index in [4.69, 9.17) is 15.6 Å². The summed E-state index contributed by atoms with van der Waals surface area (Å²) in [7, 11) is 0. The number of aliphatic hydroxyl groups is 1. The van der Waals surface area contributed by atoms with E-state index in [1.54, 1.807) is 0 Å². The standard InChI is InChI=1S/C6H13NO2/c1-4-2-5(7)6(3-8)9-4/h4-6,8H,2-3,7H2,1H3/t4-,5-,6-/m0/s1. The van der Waals surface area contributed by atoms with Crippen LogP contribution in [0.4, 0.5) is 0 Å². The molecule has 0 radical (unpaired) electrons. The summed E-state index contributed by atoms with van der Waals surface area (Å²) in [6.07, 6.45) is 0.961. The average molecular weight is 131 g/mol. The number of ether oxygens (including phenoxy) is 1. The second kappa shape index (κ2) is 2.64. The van der Waals surface area contributed by atoms with Crippen molar-refractivity contribution in [1.29, 1.82) is 0 Å². The van der Waals surface area contributed by atoms with E-state index in [1.807, 2.05) is 6.92 Å². The van der Waals surface area contributed by atoms with Gasteiger partial charge in [-0.1, -0.05) is 0 Å². The third kappa shape index (κ3) is 1.41. The number of aliphatic hydroxyl groups excluding tert-OH is 1. The van der Waals surface area contributed by atoms with Gasteiger partial charge in [0, 0.05) is 6.04 Å². The van der Waals surface area contributed by atoms with Gasteiger partial charge in [-0.2, -0.15) is 0 Å². The molecule has 1 heterocycles. The SMILES string of the molecule is C[C@H]1C[C@H](N)[C@H](CO)O1. The minimum Gasteiger partial charge on any atom is -0.394 e. The molecule has 0 aromatic carbocycles. The second-order valence-corrected chi connectivity index (χ2v) is 2.57. The lowest BCUT2D eigenvalue weighted by Crippen LogP contribution is -2.32. The molecule has 1 fully saturated rings. The number of hydrogen-bond donors (Lipinski definition) is 2. The van der Waals surface area contributed by atoms with Crippen LogP contribution in [0.2, 0.25) is 0 Å². The van der Waals surface area contributed by atoms with Crippen LogP contribution in [0.5, 0.6) is 0 Å². The molecule has 1 aliphatic rings. The van der Waals surface area contributed by atoms with Crippen LogP contribution in [0, 0.1) is 0 Å². The Morgan fingerprint density at radius 3 is 2.67 bits per heavy atom. The first-order valence-electron chi connectivity index (χ1n) is 3.26. The van der Waals surface area contributed by atoms with Crippen LogP contribution in [-0.4, -0.2) is 30.0 Å². The summed E-state index contributed by atoms with van der Waals surface area (Å²) in [5, 5.41) is 8.65. The fourth-order valence-corrected chi connectivity index (χ4v) is 1.17. The summed E-state index contributed by atoms with van der Waals surface area (Å²) in [5.74, 6) is 0. The molecule has 3 N–H and O–H groups in total. The molecule has 1 saturated heterocycles. The zero-order valence-electron chi connectivity index (χ0n) is 5.58. The maximum absolute atomic E-state index is 8.65. The summed E-state index contributed by atoms with van der Waals surface area (Å²) in [6, 6.07) is 0.0324. The molecule has 0 saturated carbocycles. The highest BCUT2D eigenvalue weighted by atomic mass is 16.5. The number of hydrogen-bond acceptors (Lipinski definition) is 3. The van der Waals surface area contributed by atoms with Gasteiger partial charge in [0.1, 0.15) is 0 Å². The van der Waals surface area contributed by atoms with Gasteiger partial charge in [-0.15, -0.1) is 0 Å². The molecule has 9 heavy (non-hydrogen) atoms. The molecular weight excluding hydrogens is 118 g/mol. The Labute approximate surface area is 54.8 Å². The zero-order chi connectivity index (χ0) is 6.85. The zero-order valence-corrected chi connectivity index (χ0v) is 5.58. The third-order valence-corrected chi connectivity index (χ3v) is 1.67. The van der Waals surface area contributed by atoms with Gasteiger partial charge >= 0.3 is 0 Å². The predicted octanol–water partition coefficient (Wildman–Crippen LogP) is -0.517. The van der Waals surface area contributed by atoms with Crippen LogP contribution >= 0.6 is 0 Å². The van der Waals surface area contributed by atoms with Gasteiger partial charge in [0.25, 0.3) is 0 Å². The summed E-state index contributed by atoms with van der Waals surface area (Å²) in [6.45, 7) is 2.01. The Kier molecular flexibility index (Phi) is 2.05. The molecule has 0 aromatic heterocycles. The number of nitrogens with two attached hydrogens (primary N) is 1. The molecule has 0 aromatic rings. The van der Waals surface area contributed by atoms with Crippen molar-refractivity contribution < 1.29 is 9.84 Å². The van der Waals surface area contributed by atoms with Gasteiger partial charge in [0.05, 0.1) is 18.8 Å². The lowest BCUT2D eigenvalue weighted by molar-refractivity contribution is 0.0156. The van der Waals surface area contributed by atoms with Crippen molar-refractivity contribution >= 4 is 0 Å². The molecule has 0 bridgehead atoms. The van der Waals surface area contributed by atoms with Gasteiger partial charge in [-0.25, -0.2) is 0 Å². The molecule has 0 aliphatic carbocycles. The summed E-state index contributed by atoms with van der Waals surface area (Å²) < 4.78 is 5.25. The van der Waals surface area contributed by atoms with Gasteiger partial charge in [0.15, 0.2) is 0 Å². The lowest BCUT2D eigenvalue weighted by Gasteiger charge is -2.09. The Bertz CT molecular complexity index is 97.1. The lowest BCUT2D eigenvalue weighted by atomic mass is 10.1. The van der Waals surface area contributed by atoms with Gasteiger partial charge in [-0.3, -0.25) is 0 Å². The smallest absolute Gasteiger partial charge is 0.0960 e. The molecule has 3 atom stereocenters. The molecule has 0 amide bonds. The minimum absolute atomic E-state index is 0.0324. The van der Waals surface area contributed by atoms with Crippen molar-refractivity contribution in [1.82, 2.24) is 0 Å². The van der Waals surface area contributed by atoms with E-state index in [1.165, 1.54) is 0 Å². The maximum Gasteiger partial charge on any atom is 0.0960 e. The Morgan fingerprint density at radius 2 is 2.44 bits per heavy atom. The largest absolute Gasteiger partial charge is 0.394 e. The van der Waals surface area contributed by atoms with Gasteiger partial charge in [0.2, 0.25) is 0 Å². The van der Waals surface area contributed by atoms with Crippen LogP contribution in [0.15, 0.2) is 0 Å². The first-order chi connectivity index (χ1) is 4.24. The fraction of sp³-hybridized carbons (Fsp3) is 1.00. The monoisotopic (exact) mass is 131 g/mol. The molecule has 0 spiro atoms. The first kappa shape index (κ1) is 6.99. The van der Waals surface area contributed by atoms with Crippen LogP contribution in [0.25, 0.3) is 0 Å². The maximum atomic E-state index is 8.65. The average Bonchev–Trinajstić information content (AvgIpc) is 2.10. The topological polar surface area (TPSA) is 55.5 Å². The van der Waals surface area contributed by atoms with E-state index < -0.39 is 0 Å². The van der Waals surface area contributed by atoms with Gasteiger partial charge in [-0.05, 0) is 13.3 Å². The van der Waals surface area contributed by atoms with Crippen LogP contribution in [0.1, 0.15) is 13.3 Å². The summed E-state index contributed by atoms with van der Waals surface area (Å²) in [4.78, 5) is 0. The van der Waals surface area contributed by atoms with E-state index in [9.17, 15) is 0 Å². The van der Waals surface area contributed by atoms with Crippen molar-refractivity contribution in [3.05, 3.63) is 0 Å². The van der Waals surface area contributed by atoms with Crippen LogP contribution < -0.4 is 5.73 Å². The van der Waals surface area contributed by atoms with Crippen molar-refractivity contribution in [3.63, 3.8) is 0 Å². The number of rotatable bonds is 1. The molecule has 54 valence electrons. The Balaban J connectivity index is 2.38. The van der Waals surface area contributed by atoms with E-state index in [2.05, 4.69) is 0 Å². The second-order valence-electron chi connectivity index (χ2n) is 2.57. The molecule has 3 nitrogen and oxygen atoms in total. The molecule has 3 heteroatoms. The van der Waals surface area contributed by atoms with Crippen molar-refractivity contribution in [2.24, 2.45) is 5.73 Å². The van der Waals surface area contributed by atoms with E-state index in [0.717, 1.165) is 6.42 Å². The molecule has 1 aliphatic heterocycles. The van der Waals surface area contributed by atoms with E-state index in [-0.39, 0.29) is 24.9 Å². The van der Waals surface area contributed by atoms with Crippen LogP contribution in [0.3, 0.4) is 0 Å². The van der Waals surface area contributed by atoms with Crippen molar-refractivity contribution in [2.75, 3.05) is 6.61 Å². The van der Waals surface area contributed by atoms with Crippen LogP contribution in [-0.2, 0) is 4.74 Å². The third-order valence-electron chi connectivity index (χ3n) is 1.67. The highest BCUT2D eigenvalue weighted by molar-refractivity contribution is 4.82. The molecule has 1 rings (SSSR count). The molecular formula is C6H13NO2. The first-order valence-corrected chi connectivity index (χ1v) is 3.26.